The van der Waals surface area contributed by atoms with Crippen LogP contribution in [0.5, 0.6) is 5.75 Å². The normalized spacial score (nSPS) is 12.3. The number of phenolic OH excluding ortho intramolecular Hbond substituents is 1. The van der Waals surface area contributed by atoms with Gasteiger partial charge in [-0.1, -0.05) is 31.2 Å². The Morgan fingerprint density at radius 1 is 1.26 bits per heavy atom. The van der Waals surface area contributed by atoms with E-state index in [-0.39, 0.29) is 11.8 Å². The van der Waals surface area contributed by atoms with E-state index in [9.17, 15) is 9.90 Å². The molecule has 1 aromatic heterocycles. The van der Waals surface area contributed by atoms with Crippen LogP contribution in [0.15, 0.2) is 42.5 Å². The van der Waals surface area contributed by atoms with Crippen LogP contribution in [-0.4, -0.2) is 16.5 Å². The zero-order valence-corrected chi connectivity index (χ0v) is 13.3. The van der Waals surface area contributed by atoms with Crippen LogP contribution in [0.1, 0.15) is 30.6 Å². The Bertz CT molecular complexity index is 852. The number of phenols is 1. The Balaban J connectivity index is 2.25. The van der Waals surface area contributed by atoms with Crippen molar-refractivity contribution in [2.75, 3.05) is 0 Å². The van der Waals surface area contributed by atoms with Crippen LogP contribution in [0.2, 0.25) is 0 Å². The summed E-state index contributed by atoms with van der Waals surface area (Å²) >= 11 is 0. The molecule has 118 valence electrons. The molecule has 1 unspecified atom stereocenters. The maximum atomic E-state index is 10.9. The summed E-state index contributed by atoms with van der Waals surface area (Å²) in [5.74, 6) is 0.244. The number of H-pyrrole nitrogens is 1. The molecule has 1 heterocycles. The number of hydrogen-bond donors (Lipinski definition) is 3. The first kappa shape index (κ1) is 15.2. The van der Waals surface area contributed by atoms with Crippen molar-refractivity contribution in [1.29, 1.82) is 0 Å². The molecule has 3 rings (SSSR count). The highest BCUT2D eigenvalue weighted by molar-refractivity contribution is 5.99. The third-order valence-corrected chi connectivity index (χ3v) is 4.25. The summed E-state index contributed by atoms with van der Waals surface area (Å²) in [4.78, 5) is 14.3. The van der Waals surface area contributed by atoms with E-state index in [2.05, 4.69) is 16.4 Å². The molecular weight excluding hydrogens is 288 g/mol. The maximum Gasteiger partial charge on any atom is 0.207 e. The number of hydrogen-bond acceptors (Lipinski definition) is 2. The summed E-state index contributed by atoms with van der Waals surface area (Å²) in [5.41, 5.74) is 5.25. The lowest BCUT2D eigenvalue weighted by molar-refractivity contribution is -0.110. The van der Waals surface area contributed by atoms with Crippen molar-refractivity contribution in [1.82, 2.24) is 10.3 Å². The molecule has 0 aliphatic carbocycles. The number of aromatic nitrogens is 1. The molecule has 2 aromatic carbocycles. The fourth-order valence-electron chi connectivity index (χ4n) is 3.20. The lowest BCUT2D eigenvalue weighted by atomic mass is 9.92. The summed E-state index contributed by atoms with van der Waals surface area (Å²) in [6, 6.07) is 13.4. The zero-order chi connectivity index (χ0) is 16.4. The minimum absolute atomic E-state index is 0.0367. The summed E-state index contributed by atoms with van der Waals surface area (Å²) < 4.78 is 0. The molecular formula is C19H20N2O2. The first-order valence-electron chi connectivity index (χ1n) is 7.76. The molecule has 4 heteroatoms. The van der Waals surface area contributed by atoms with E-state index in [4.69, 9.17) is 0 Å². The van der Waals surface area contributed by atoms with Gasteiger partial charge in [-0.3, -0.25) is 4.79 Å². The van der Waals surface area contributed by atoms with Crippen molar-refractivity contribution >= 4 is 17.3 Å². The fourth-order valence-corrected chi connectivity index (χ4v) is 3.20. The quantitative estimate of drug-likeness (QED) is 0.623. The second-order valence-electron chi connectivity index (χ2n) is 5.69. The topological polar surface area (TPSA) is 65.1 Å². The Hall–Kier alpha value is -2.75. The minimum Gasteiger partial charge on any atom is -0.508 e. The Labute approximate surface area is 135 Å². The number of nitrogens with one attached hydrogen (secondary N) is 2. The van der Waals surface area contributed by atoms with E-state index in [0.717, 1.165) is 46.1 Å². The smallest absolute Gasteiger partial charge is 0.207 e. The first-order valence-corrected chi connectivity index (χ1v) is 7.76. The van der Waals surface area contributed by atoms with Crippen LogP contribution in [-0.2, 0) is 4.79 Å². The van der Waals surface area contributed by atoms with Crippen LogP contribution in [0.4, 0.5) is 0 Å². The molecule has 1 amide bonds. The number of rotatable bonds is 5. The van der Waals surface area contributed by atoms with Crippen LogP contribution in [0, 0.1) is 6.92 Å². The standard InChI is InChI=1S/C19H20N2O2/c1-3-17(20-11-22)14-6-4-5-7-15(14)19-12(2)21-18-9-8-13(23)10-16(18)19/h4-11,17,21,23H,3H2,1-2H3,(H,20,22). The van der Waals surface area contributed by atoms with Crippen molar-refractivity contribution in [3.8, 4) is 16.9 Å². The second kappa shape index (κ2) is 6.16. The number of carbonyl (C=O) groups excluding carboxylic acids is 1. The maximum absolute atomic E-state index is 10.9. The van der Waals surface area contributed by atoms with Crippen molar-refractivity contribution in [2.24, 2.45) is 0 Å². The number of amides is 1. The third kappa shape index (κ3) is 2.68. The van der Waals surface area contributed by atoms with Gasteiger partial charge in [0.05, 0.1) is 6.04 Å². The second-order valence-corrected chi connectivity index (χ2v) is 5.69. The summed E-state index contributed by atoms with van der Waals surface area (Å²) in [6.07, 6.45) is 1.56. The Morgan fingerprint density at radius 3 is 2.78 bits per heavy atom. The number of aromatic amines is 1. The first-order chi connectivity index (χ1) is 11.2. The number of benzene rings is 2. The summed E-state index contributed by atoms with van der Waals surface area (Å²) in [5, 5.41) is 13.7. The molecule has 0 aliphatic rings. The molecule has 3 N–H and O–H groups in total. The van der Waals surface area contributed by atoms with Gasteiger partial charge in [0.2, 0.25) is 6.41 Å². The minimum atomic E-state index is -0.0367. The SMILES string of the molecule is CCC(NC=O)c1ccccc1-c1c(C)[nH]c2ccc(O)cc12. The molecule has 0 radical (unpaired) electrons. The predicted molar refractivity (Wildman–Crippen MR) is 92.4 cm³/mol. The van der Waals surface area contributed by atoms with Crippen molar-refractivity contribution in [3.05, 3.63) is 53.7 Å². The zero-order valence-electron chi connectivity index (χ0n) is 13.3. The molecule has 0 bridgehead atoms. The molecule has 23 heavy (non-hydrogen) atoms. The van der Waals surface area contributed by atoms with Gasteiger partial charge in [-0.05, 0) is 42.7 Å². The van der Waals surface area contributed by atoms with Crippen LogP contribution in [0.25, 0.3) is 22.0 Å². The van der Waals surface area contributed by atoms with Crippen molar-refractivity contribution in [2.45, 2.75) is 26.3 Å². The largest absolute Gasteiger partial charge is 0.508 e. The van der Waals surface area contributed by atoms with Crippen molar-refractivity contribution in [3.63, 3.8) is 0 Å². The number of carbonyl (C=O) groups is 1. The van der Waals surface area contributed by atoms with Crippen LogP contribution < -0.4 is 5.32 Å². The monoisotopic (exact) mass is 308 g/mol. The molecule has 0 fully saturated rings. The van der Waals surface area contributed by atoms with E-state index in [1.54, 1.807) is 12.1 Å². The van der Waals surface area contributed by atoms with E-state index in [0.29, 0.717) is 0 Å². The molecule has 0 saturated heterocycles. The van der Waals surface area contributed by atoms with E-state index < -0.39 is 0 Å². The van der Waals surface area contributed by atoms with Gasteiger partial charge in [-0.25, -0.2) is 0 Å². The van der Waals surface area contributed by atoms with Gasteiger partial charge in [0.15, 0.2) is 0 Å². The molecule has 4 nitrogen and oxygen atoms in total. The lowest BCUT2D eigenvalue weighted by Gasteiger charge is -2.19. The van der Waals surface area contributed by atoms with Crippen molar-refractivity contribution < 1.29 is 9.90 Å². The number of aryl methyl sites for hydroxylation is 1. The molecule has 0 aliphatic heterocycles. The van der Waals surface area contributed by atoms with E-state index in [1.807, 2.05) is 38.1 Å². The average molecular weight is 308 g/mol. The Kier molecular flexibility index (Phi) is 4.06. The highest BCUT2D eigenvalue weighted by atomic mass is 16.3. The van der Waals surface area contributed by atoms with Gasteiger partial charge < -0.3 is 15.4 Å². The lowest BCUT2D eigenvalue weighted by Crippen LogP contribution is -2.19. The van der Waals surface area contributed by atoms with Gasteiger partial charge in [-0.2, -0.15) is 0 Å². The number of aromatic hydroxyl groups is 1. The molecule has 0 saturated carbocycles. The van der Waals surface area contributed by atoms with Gasteiger partial charge in [0.25, 0.3) is 0 Å². The van der Waals surface area contributed by atoms with Gasteiger partial charge in [0.1, 0.15) is 5.75 Å². The third-order valence-electron chi connectivity index (χ3n) is 4.25. The molecule has 0 spiro atoms. The predicted octanol–water partition coefficient (Wildman–Crippen LogP) is 4.05. The highest BCUT2D eigenvalue weighted by Gasteiger charge is 2.18. The van der Waals surface area contributed by atoms with E-state index in [1.165, 1.54) is 0 Å². The number of fused-ring (bicyclic) bond motifs is 1. The summed E-state index contributed by atoms with van der Waals surface area (Å²) in [6.45, 7) is 4.07. The van der Waals surface area contributed by atoms with E-state index >= 15 is 0 Å². The summed E-state index contributed by atoms with van der Waals surface area (Å²) in [7, 11) is 0. The fraction of sp³-hybridized carbons (Fsp3) is 0.211. The van der Waals surface area contributed by atoms with Crippen LogP contribution in [0.3, 0.4) is 0 Å². The molecule has 1 atom stereocenters. The molecule has 3 aromatic rings. The van der Waals surface area contributed by atoms with Crippen LogP contribution >= 0.6 is 0 Å². The van der Waals surface area contributed by atoms with Gasteiger partial charge >= 0.3 is 0 Å². The van der Waals surface area contributed by atoms with Gasteiger partial charge in [0, 0.05) is 22.2 Å². The average Bonchev–Trinajstić information content (AvgIpc) is 2.87. The highest BCUT2D eigenvalue weighted by Crippen LogP contribution is 2.38. The Morgan fingerprint density at radius 2 is 2.04 bits per heavy atom. The van der Waals surface area contributed by atoms with Gasteiger partial charge in [-0.15, -0.1) is 0 Å².